The molecule has 3 atom stereocenters. The van der Waals surface area contributed by atoms with Crippen LogP contribution in [0.1, 0.15) is 77.6 Å². The van der Waals surface area contributed by atoms with E-state index in [1.165, 1.54) is 13.0 Å². The summed E-state index contributed by atoms with van der Waals surface area (Å²) < 4.78 is 31.0. The zero-order chi connectivity index (χ0) is 31.4. The summed E-state index contributed by atoms with van der Waals surface area (Å²) in [7, 11) is 0. The van der Waals surface area contributed by atoms with Gasteiger partial charge in [0.2, 0.25) is 5.91 Å². The zero-order valence-electron chi connectivity index (χ0n) is 25.6. The molecule has 3 unspecified atom stereocenters. The first-order valence-electron chi connectivity index (χ1n) is 14.6. The van der Waals surface area contributed by atoms with Gasteiger partial charge in [-0.15, -0.1) is 0 Å². The number of carbonyl (C=O) groups is 1. The van der Waals surface area contributed by atoms with Crippen molar-refractivity contribution >= 4 is 29.1 Å². The summed E-state index contributed by atoms with van der Waals surface area (Å²) in [5, 5.41) is 5.82. The van der Waals surface area contributed by atoms with Gasteiger partial charge in [0.05, 0.1) is 16.4 Å². The fourth-order valence-electron chi connectivity index (χ4n) is 5.65. The minimum absolute atomic E-state index is 0.0375. The van der Waals surface area contributed by atoms with Crippen LogP contribution < -0.4 is 5.73 Å². The molecule has 1 aliphatic heterocycles. The first-order chi connectivity index (χ1) is 19.7. The highest BCUT2D eigenvalue weighted by Gasteiger charge is 2.39. The van der Waals surface area contributed by atoms with E-state index in [9.17, 15) is 9.18 Å². The Labute approximate surface area is 259 Å². The van der Waals surface area contributed by atoms with E-state index < -0.39 is 28.9 Å². The number of nitrogens with two attached hydrogens (primary N) is 1. The summed E-state index contributed by atoms with van der Waals surface area (Å²) in [5.74, 6) is -2.35. The van der Waals surface area contributed by atoms with Crippen LogP contribution in [0.3, 0.4) is 0 Å². The molecule has 0 radical (unpaired) electrons. The Balaban J connectivity index is 1.84. The summed E-state index contributed by atoms with van der Waals surface area (Å²) in [6, 6.07) is 7.17. The number of nitrogens with zero attached hydrogens (tertiary/aromatic N) is 3. The summed E-state index contributed by atoms with van der Waals surface area (Å²) in [6.07, 6.45) is 4.45. The SMILES string of the molecule is C=C(C(F)=CC(F)=CC)C(CC(C)(C)C(C)N)C(CC)C(=O)N1CCC(c2cc(C)nn2-c2cc(Cl)ccc2Cl)CC1. The summed E-state index contributed by atoms with van der Waals surface area (Å²) in [4.78, 5) is 15.9. The Morgan fingerprint density at radius 2 is 1.86 bits per heavy atom. The quantitative estimate of drug-likeness (QED) is 0.255. The summed E-state index contributed by atoms with van der Waals surface area (Å²) in [6.45, 7) is 16.4. The highest BCUT2D eigenvalue weighted by atomic mass is 35.5. The standard InChI is InChI=1S/C33H44Cl2F2N4O/c1-8-25(36)18-29(37)21(4)27(19-33(6,7)22(5)38)26(9-2)32(42)40-14-12-23(13-15-40)30-16-20(3)39-41(30)31-17-24(34)10-11-28(31)35/h8,10-11,16-18,22-23,26-27H,4,9,12-15,19,38H2,1-3,5-7H3. The van der Waals surface area contributed by atoms with Gasteiger partial charge in [-0.3, -0.25) is 4.79 Å². The van der Waals surface area contributed by atoms with Gasteiger partial charge in [-0.05, 0) is 87.6 Å². The number of rotatable bonds is 11. The molecule has 0 saturated carbocycles. The number of hydrogen-bond acceptors (Lipinski definition) is 3. The number of aryl methyl sites for hydroxylation is 1. The van der Waals surface area contributed by atoms with Crippen LogP contribution in [0.15, 0.2) is 60.2 Å². The molecule has 1 amide bonds. The molecular weight excluding hydrogens is 577 g/mol. The van der Waals surface area contributed by atoms with E-state index in [1.807, 2.05) is 44.2 Å². The van der Waals surface area contributed by atoms with Gasteiger partial charge >= 0.3 is 0 Å². The van der Waals surface area contributed by atoms with Crippen molar-refractivity contribution in [3.63, 3.8) is 0 Å². The number of benzene rings is 1. The third-order valence-electron chi connectivity index (χ3n) is 8.74. The molecule has 1 aromatic heterocycles. The molecule has 0 spiro atoms. The predicted molar refractivity (Wildman–Crippen MR) is 169 cm³/mol. The van der Waals surface area contributed by atoms with Crippen molar-refractivity contribution in [3.8, 4) is 5.69 Å². The highest BCUT2D eigenvalue weighted by Crippen LogP contribution is 2.41. The van der Waals surface area contributed by atoms with Crippen LogP contribution in [0.25, 0.3) is 5.69 Å². The molecule has 42 heavy (non-hydrogen) atoms. The monoisotopic (exact) mass is 620 g/mol. The molecule has 0 aliphatic carbocycles. The number of amides is 1. The molecule has 3 rings (SSSR count). The number of carbonyl (C=O) groups excluding carboxylic acids is 1. The van der Waals surface area contributed by atoms with Crippen molar-refractivity contribution < 1.29 is 13.6 Å². The summed E-state index contributed by atoms with van der Waals surface area (Å²) >= 11 is 12.8. The van der Waals surface area contributed by atoms with E-state index in [2.05, 4.69) is 17.7 Å². The molecule has 5 nitrogen and oxygen atoms in total. The van der Waals surface area contributed by atoms with Gasteiger partial charge in [0.15, 0.2) is 0 Å². The van der Waals surface area contributed by atoms with E-state index in [4.69, 9.17) is 28.9 Å². The molecule has 1 aromatic carbocycles. The minimum Gasteiger partial charge on any atom is -0.342 e. The molecule has 2 heterocycles. The van der Waals surface area contributed by atoms with Crippen LogP contribution in [0, 0.1) is 24.2 Å². The fourth-order valence-corrected chi connectivity index (χ4v) is 6.01. The minimum atomic E-state index is -0.746. The number of likely N-dealkylation sites (tertiary alicyclic amines) is 1. The smallest absolute Gasteiger partial charge is 0.226 e. The predicted octanol–water partition coefficient (Wildman–Crippen LogP) is 8.88. The molecule has 230 valence electrons. The number of hydrogen-bond donors (Lipinski definition) is 1. The molecule has 9 heteroatoms. The second kappa shape index (κ2) is 14.3. The van der Waals surface area contributed by atoms with Gasteiger partial charge in [0.1, 0.15) is 11.7 Å². The van der Waals surface area contributed by atoms with Crippen molar-refractivity contribution in [2.45, 2.75) is 79.2 Å². The lowest BCUT2D eigenvalue weighted by atomic mass is 9.70. The van der Waals surface area contributed by atoms with Crippen molar-refractivity contribution in [3.05, 3.63) is 81.7 Å². The lowest BCUT2D eigenvalue weighted by Crippen LogP contribution is -2.45. The van der Waals surface area contributed by atoms with Gasteiger partial charge < -0.3 is 10.6 Å². The van der Waals surface area contributed by atoms with E-state index in [1.54, 1.807) is 18.2 Å². The number of aromatic nitrogens is 2. The van der Waals surface area contributed by atoms with Crippen LogP contribution in [-0.4, -0.2) is 39.7 Å². The Morgan fingerprint density at radius 3 is 2.43 bits per heavy atom. The van der Waals surface area contributed by atoms with Crippen molar-refractivity contribution in [2.75, 3.05) is 13.1 Å². The van der Waals surface area contributed by atoms with Gasteiger partial charge in [0, 0.05) is 47.8 Å². The molecule has 1 fully saturated rings. The lowest BCUT2D eigenvalue weighted by molar-refractivity contribution is -0.138. The number of piperidine rings is 1. The lowest BCUT2D eigenvalue weighted by Gasteiger charge is -2.40. The van der Waals surface area contributed by atoms with Crippen LogP contribution >= 0.6 is 23.2 Å². The van der Waals surface area contributed by atoms with E-state index in [0.717, 1.165) is 36.0 Å². The Hall–Kier alpha value is -2.48. The molecular formula is C33H44Cl2F2N4O. The fraction of sp³-hybridized carbons (Fsp3) is 0.515. The van der Waals surface area contributed by atoms with Crippen LogP contribution in [0.2, 0.25) is 10.0 Å². The third kappa shape index (κ3) is 7.91. The maximum Gasteiger partial charge on any atom is 0.226 e. The normalized spacial score (nSPS) is 17.7. The molecule has 2 N–H and O–H groups in total. The van der Waals surface area contributed by atoms with E-state index in [0.29, 0.717) is 36.0 Å². The van der Waals surface area contributed by atoms with E-state index >= 15 is 4.39 Å². The van der Waals surface area contributed by atoms with Gasteiger partial charge in [-0.25, -0.2) is 13.5 Å². The van der Waals surface area contributed by atoms with Crippen LogP contribution in [0.4, 0.5) is 8.78 Å². The summed E-state index contributed by atoms with van der Waals surface area (Å²) in [5.41, 5.74) is 8.63. The number of halogens is 4. The first-order valence-corrected chi connectivity index (χ1v) is 15.4. The van der Waals surface area contributed by atoms with Gasteiger partial charge in [0.25, 0.3) is 0 Å². The molecule has 2 aromatic rings. The van der Waals surface area contributed by atoms with Gasteiger partial charge in [-0.2, -0.15) is 5.10 Å². The molecule has 1 saturated heterocycles. The Bertz CT molecular complexity index is 1340. The number of allylic oxidation sites excluding steroid dienone is 5. The second-order valence-corrected chi connectivity index (χ2v) is 13.0. The average Bonchev–Trinajstić information content (AvgIpc) is 3.34. The topological polar surface area (TPSA) is 64.2 Å². The van der Waals surface area contributed by atoms with Crippen molar-refractivity contribution in [1.82, 2.24) is 14.7 Å². The van der Waals surface area contributed by atoms with Gasteiger partial charge in [-0.1, -0.05) is 56.6 Å². The highest BCUT2D eigenvalue weighted by molar-refractivity contribution is 6.34. The van der Waals surface area contributed by atoms with Crippen molar-refractivity contribution in [1.29, 1.82) is 0 Å². The second-order valence-electron chi connectivity index (χ2n) is 12.1. The maximum atomic E-state index is 15.2. The third-order valence-corrected chi connectivity index (χ3v) is 9.29. The first kappa shape index (κ1) is 34.0. The average molecular weight is 622 g/mol. The Kier molecular flexibility index (Phi) is 11.6. The van der Waals surface area contributed by atoms with Crippen LogP contribution in [-0.2, 0) is 4.79 Å². The molecule has 1 aliphatic rings. The van der Waals surface area contributed by atoms with Crippen molar-refractivity contribution in [2.24, 2.45) is 23.0 Å². The zero-order valence-corrected chi connectivity index (χ0v) is 27.1. The Morgan fingerprint density at radius 1 is 1.21 bits per heavy atom. The maximum absolute atomic E-state index is 15.2. The van der Waals surface area contributed by atoms with E-state index in [-0.39, 0.29) is 23.4 Å². The molecule has 0 bridgehead atoms. The largest absolute Gasteiger partial charge is 0.342 e. The van der Waals surface area contributed by atoms with Crippen LogP contribution in [0.5, 0.6) is 0 Å².